The fraction of sp³-hybridized carbons (Fsp3) is 0.111. The number of alkyl halides is 3. The van der Waals surface area contributed by atoms with Crippen molar-refractivity contribution in [2.24, 2.45) is 0 Å². The molecule has 0 aliphatic carbocycles. The lowest BCUT2D eigenvalue weighted by Crippen LogP contribution is -2.12. The molecule has 2 aromatic heterocycles. The number of benzene rings is 2. The van der Waals surface area contributed by atoms with Crippen LogP contribution in [-0.2, 0) is 12.7 Å². The molecule has 0 radical (unpaired) electrons. The maximum Gasteiger partial charge on any atom is 0.416 e. The molecule has 2 aromatic carbocycles. The molecule has 0 bridgehead atoms. The molecule has 0 unspecified atom stereocenters. The van der Waals surface area contributed by atoms with E-state index in [1.807, 2.05) is 30.3 Å². The molecule has 0 aliphatic heterocycles. The van der Waals surface area contributed by atoms with Gasteiger partial charge in [0.15, 0.2) is 22.1 Å². The second-order valence-corrected chi connectivity index (χ2v) is 6.14. The standard InChI is InChI=1S/C18H11ClF3N5/c19-15-14-17(24-16(23-15)11-6-2-1-3-7-11)27(26-25-14)10-12-8-4-5-9-13(12)18(20,21)22/h1-9H,10H2. The highest BCUT2D eigenvalue weighted by Gasteiger charge is 2.33. The molecule has 2 heterocycles. The summed E-state index contributed by atoms with van der Waals surface area (Å²) in [5.41, 5.74) is 0.571. The predicted molar refractivity (Wildman–Crippen MR) is 94.1 cm³/mol. The zero-order valence-corrected chi connectivity index (χ0v) is 14.4. The van der Waals surface area contributed by atoms with Crippen LogP contribution >= 0.6 is 11.6 Å². The highest BCUT2D eigenvalue weighted by Crippen LogP contribution is 2.32. The minimum absolute atomic E-state index is 0.0628. The first-order valence-corrected chi connectivity index (χ1v) is 8.28. The van der Waals surface area contributed by atoms with Crippen LogP contribution in [0.25, 0.3) is 22.6 Å². The van der Waals surface area contributed by atoms with Crippen LogP contribution in [0.3, 0.4) is 0 Å². The Bertz CT molecular complexity index is 1110. The minimum atomic E-state index is -4.46. The third-order valence-corrected chi connectivity index (χ3v) is 4.26. The van der Waals surface area contributed by atoms with E-state index in [1.165, 1.54) is 16.8 Å². The SMILES string of the molecule is FC(F)(F)c1ccccc1Cn1nnc2c(Cl)nc(-c3ccccc3)nc21. The molecular formula is C18H11ClF3N5. The number of fused-ring (bicyclic) bond motifs is 1. The van der Waals surface area contributed by atoms with Crippen LogP contribution in [-0.4, -0.2) is 25.0 Å². The summed E-state index contributed by atoms with van der Waals surface area (Å²) in [7, 11) is 0. The van der Waals surface area contributed by atoms with Crippen LogP contribution in [0.1, 0.15) is 11.1 Å². The van der Waals surface area contributed by atoms with E-state index in [9.17, 15) is 13.2 Å². The molecule has 0 N–H and O–H groups in total. The monoisotopic (exact) mass is 389 g/mol. The third-order valence-electron chi connectivity index (χ3n) is 4.00. The summed E-state index contributed by atoms with van der Waals surface area (Å²) in [4.78, 5) is 8.62. The zero-order chi connectivity index (χ0) is 19.0. The third kappa shape index (κ3) is 3.35. The normalized spacial score (nSPS) is 11.9. The van der Waals surface area contributed by atoms with Gasteiger partial charge in [-0.1, -0.05) is 65.3 Å². The van der Waals surface area contributed by atoms with Crippen molar-refractivity contribution in [3.63, 3.8) is 0 Å². The fourth-order valence-corrected chi connectivity index (χ4v) is 2.94. The van der Waals surface area contributed by atoms with Crippen molar-refractivity contribution in [1.29, 1.82) is 0 Å². The first-order valence-electron chi connectivity index (χ1n) is 7.91. The van der Waals surface area contributed by atoms with E-state index >= 15 is 0 Å². The topological polar surface area (TPSA) is 56.5 Å². The van der Waals surface area contributed by atoms with Crippen LogP contribution in [0, 0.1) is 0 Å². The first kappa shape index (κ1) is 17.4. The van der Waals surface area contributed by atoms with Gasteiger partial charge < -0.3 is 0 Å². The van der Waals surface area contributed by atoms with Gasteiger partial charge in [0.2, 0.25) is 0 Å². The summed E-state index contributed by atoms with van der Waals surface area (Å²) in [6.07, 6.45) is -4.46. The lowest BCUT2D eigenvalue weighted by Gasteiger charge is -2.12. The number of hydrogen-bond donors (Lipinski definition) is 0. The molecule has 9 heteroatoms. The molecule has 5 nitrogen and oxygen atoms in total. The van der Waals surface area contributed by atoms with E-state index < -0.39 is 11.7 Å². The number of hydrogen-bond acceptors (Lipinski definition) is 4. The Morgan fingerprint density at radius 1 is 0.926 bits per heavy atom. The van der Waals surface area contributed by atoms with Gasteiger partial charge in [0.1, 0.15) is 0 Å². The van der Waals surface area contributed by atoms with Crippen LogP contribution in [0.2, 0.25) is 5.15 Å². The minimum Gasteiger partial charge on any atom is -0.222 e. The van der Waals surface area contributed by atoms with Gasteiger partial charge in [-0.3, -0.25) is 0 Å². The van der Waals surface area contributed by atoms with Crippen molar-refractivity contribution >= 4 is 22.8 Å². The number of nitrogens with zero attached hydrogens (tertiary/aromatic N) is 5. The van der Waals surface area contributed by atoms with E-state index in [2.05, 4.69) is 20.3 Å². The summed E-state index contributed by atoms with van der Waals surface area (Å²) in [6, 6.07) is 14.4. The average molecular weight is 390 g/mol. The summed E-state index contributed by atoms with van der Waals surface area (Å²) in [5, 5.41) is 7.93. The van der Waals surface area contributed by atoms with Gasteiger partial charge in [-0.25, -0.2) is 14.6 Å². The van der Waals surface area contributed by atoms with Gasteiger partial charge in [-0.2, -0.15) is 13.2 Å². The molecule has 0 spiro atoms. The van der Waals surface area contributed by atoms with E-state index in [0.717, 1.165) is 11.6 Å². The van der Waals surface area contributed by atoms with Crippen LogP contribution in [0.4, 0.5) is 13.2 Å². The maximum absolute atomic E-state index is 13.2. The Kier molecular flexibility index (Phi) is 4.27. The van der Waals surface area contributed by atoms with E-state index in [4.69, 9.17) is 11.6 Å². The lowest BCUT2D eigenvalue weighted by atomic mass is 10.1. The summed E-state index contributed by atoms with van der Waals surface area (Å²) in [6.45, 7) is -0.145. The lowest BCUT2D eigenvalue weighted by molar-refractivity contribution is -0.138. The quantitative estimate of drug-likeness (QED) is 0.480. The largest absolute Gasteiger partial charge is 0.416 e. The van der Waals surface area contributed by atoms with E-state index in [1.54, 1.807) is 6.07 Å². The van der Waals surface area contributed by atoms with Crippen molar-refractivity contribution < 1.29 is 13.2 Å². The Labute approximate surface area is 156 Å². The van der Waals surface area contributed by atoms with Crippen molar-refractivity contribution in [2.45, 2.75) is 12.7 Å². The molecule has 4 rings (SSSR count). The van der Waals surface area contributed by atoms with Gasteiger partial charge >= 0.3 is 6.18 Å². The summed E-state index contributed by atoms with van der Waals surface area (Å²) in [5.74, 6) is 0.348. The second kappa shape index (κ2) is 6.62. The van der Waals surface area contributed by atoms with Gasteiger partial charge in [-0.15, -0.1) is 5.10 Å². The van der Waals surface area contributed by atoms with Crippen molar-refractivity contribution in [1.82, 2.24) is 25.0 Å². The molecule has 136 valence electrons. The summed E-state index contributed by atoms with van der Waals surface area (Å²) >= 11 is 6.19. The van der Waals surface area contributed by atoms with E-state index in [0.29, 0.717) is 5.82 Å². The molecule has 0 aliphatic rings. The molecule has 0 saturated heterocycles. The fourth-order valence-electron chi connectivity index (χ4n) is 2.74. The molecule has 0 atom stereocenters. The van der Waals surface area contributed by atoms with Crippen molar-refractivity contribution in [3.05, 3.63) is 70.9 Å². The molecule has 4 aromatic rings. The molecule has 27 heavy (non-hydrogen) atoms. The van der Waals surface area contributed by atoms with Crippen LogP contribution in [0.15, 0.2) is 54.6 Å². The molecule has 0 saturated carbocycles. The van der Waals surface area contributed by atoms with Crippen molar-refractivity contribution in [3.8, 4) is 11.4 Å². The molecule has 0 amide bonds. The predicted octanol–water partition coefficient (Wildman–Crippen LogP) is 4.61. The number of aromatic nitrogens is 5. The molecule has 0 fully saturated rings. The first-order chi connectivity index (χ1) is 12.9. The Hall–Kier alpha value is -3.00. The number of halogens is 4. The van der Waals surface area contributed by atoms with E-state index in [-0.39, 0.29) is 28.4 Å². The summed E-state index contributed by atoms with van der Waals surface area (Å²) < 4.78 is 41.0. The average Bonchev–Trinajstić information content (AvgIpc) is 3.05. The van der Waals surface area contributed by atoms with Gasteiger partial charge in [0.05, 0.1) is 12.1 Å². The zero-order valence-electron chi connectivity index (χ0n) is 13.7. The van der Waals surface area contributed by atoms with Gasteiger partial charge in [0.25, 0.3) is 0 Å². The van der Waals surface area contributed by atoms with Crippen LogP contribution in [0.5, 0.6) is 0 Å². The number of rotatable bonds is 3. The molecular weight excluding hydrogens is 379 g/mol. The second-order valence-electron chi connectivity index (χ2n) is 5.78. The van der Waals surface area contributed by atoms with Gasteiger partial charge in [-0.05, 0) is 11.6 Å². The smallest absolute Gasteiger partial charge is 0.222 e. The Balaban J connectivity index is 1.81. The highest BCUT2D eigenvalue weighted by molar-refractivity contribution is 6.33. The van der Waals surface area contributed by atoms with Gasteiger partial charge in [0, 0.05) is 5.56 Å². The van der Waals surface area contributed by atoms with Crippen molar-refractivity contribution in [2.75, 3.05) is 0 Å². The Morgan fingerprint density at radius 2 is 1.63 bits per heavy atom. The Morgan fingerprint density at radius 3 is 2.37 bits per heavy atom. The maximum atomic E-state index is 13.2. The highest BCUT2D eigenvalue weighted by atomic mass is 35.5. The van der Waals surface area contributed by atoms with Crippen LogP contribution < -0.4 is 0 Å².